The number of nitrogens with one attached hydrogen (secondary N) is 1. The summed E-state index contributed by atoms with van der Waals surface area (Å²) < 4.78 is 5.12. The normalized spacial score (nSPS) is 25.8. The average Bonchev–Trinajstić information content (AvgIpc) is 2.62. The minimum atomic E-state index is -0.644. The molecule has 1 amide bonds. The van der Waals surface area contributed by atoms with Gasteiger partial charge in [-0.3, -0.25) is 0 Å². The highest BCUT2D eigenvalue weighted by Gasteiger charge is 2.29. The van der Waals surface area contributed by atoms with Crippen LogP contribution in [0.25, 0.3) is 0 Å². The molecule has 0 saturated heterocycles. The first-order valence-corrected chi connectivity index (χ1v) is 6.12. The molecule has 0 radical (unpaired) electrons. The van der Waals surface area contributed by atoms with Gasteiger partial charge in [-0.25, -0.2) is 11.4 Å². The molecule has 0 aliphatic heterocycles. The number of alkyl carbamates (subject to hydrolysis) is 1. The van der Waals surface area contributed by atoms with Gasteiger partial charge in [0, 0.05) is 0 Å². The molecule has 1 rings (SSSR count). The SMILES string of the molecule is CC(C)(C)[C@@H]([CH-]O[O-])NC(=O)O[C@@H]1CCC[C@H]1O. The Morgan fingerprint density at radius 2 is 2.17 bits per heavy atom. The summed E-state index contributed by atoms with van der Waals surface area (Å²) in [5, 5.41) is 22.3. The lowest BCUT2D eigenvalue weighted by molar-refractivity contribution is -0.676. The van der Waals surface area contributed by atoms with E-state index in [1.54, 1.807) is 0 Å². The lowest BCUT2D eigenvalue weighted by Gasteiger charge is -2.40. The predicted molar refractivity (Wildman–Crippen MR) is 61.9 cm³/mol. The van der Waals surface area contributed by atoms with Gasteiger partial charge in [0.05, 0.1) is 6.10 Å². The summed E-state index contributed by atoms with van der Waals surface area (Å²) in [6.45, 7) is 6.60. The smallest absolute Gasteiger partial charge is 0.405 e. The number of hydrogen-bond donors (Lipinski definition) is 2. The van der Waals surface area contributed by atoms with Gasteiger partial charge in [-0.05, 0) is 24.7 Å². The first-order chi connectivity index (χ1) is 8.34. The Hall–Kier alpha value is -0.850. The molecule has 0 aromatic heterocycles. The van der Waals surface area contributed by atoms with Crippen molar-refractivity contribution >= 4 is 6.09 Å². The van der Waals surface area contributed by atoms with E-state index in [1.165, 1.54) is 0 Å². The van der Waals surface area contributed by atoms with E-state index in [0.29, 0.717) is 12.8 Å². The zero-order valence-electron chi connectivity index (χ0n) is 11.0. The van der Waals surface area contributed by atoms with Crippen LogP contribution in [-0.4, -0.2) is 29.4 Å². The number of aliphatic hydroxyl groups is 1. The van der Waals surface area contributed by atoms with Crippen LogP contribution in [0.15, 0.2) is 0 Å². The molecule has 0 spiro atoms. The molecule has 6 heteroatoms. The summed E-state index contributed by atoms with van der Waals surface area (Å²) >= 11 is 0. The van der Waals surface area contributed by atoms with Gasteiger partial charge in [0.2, 0.25) is 0 Å². The van der Waals surface area contributed by atoms with Crippen molar-refractivity contribution in [3.8, 4) is 0 Å². The van der Waals surface area contributed by atoms with E-state index in [4.69, 9.17) is 4.74 Å². The summed E-state index contributed by atoms with van der Waals surface area (Å²) in [5.41, 5.74) is -0.363. The van der Waals surface area contributed by atoms with Crippen molar-refractivity contribution in [3.63, 3.8) is 0 Å². The Morgan fingerprint density at radius 1 is 1.50 bits per heavy atom. The van der Waals surface area contributed by atoms with Crippen molar-refractivity contribution in [3.05, 3.63) is 6.61 Å². The zero-order chi connectivity index (χ0) is 13.8. The largest absolute Gasteiger partial charge is 0.759 e. The Balaban J connectivity index is 2.46. The molecule has 106 valence electrons. The topological polar surface area (TPSA) is 90.9 Å². The first kappa shape index (κ1) is 15.2. The van der Waals surface area contributed by atoms with E-state index in [2.05, 4.69) is 10.2 Å². The van der Waals surface area contributed by atoms with E-state index in [1.807, 2.05) is 20.8 Å². The summed E-state index contributed by atoms with van der Waals surface area (Å²) in [4.78, 5) is 15.4. The van der Waals surface area contributed by atoms with Gasteiger partial charge >= 0.3 is 6.09 Å². The minimum Gasteiger partial charge on any atom is -0.759 e. The fourth-order valence-electron chi connectivity index (χ4n) is 1.85. The third-order valence-electron chi connectivity index (χ3n) is 3.07. The predicted octanol–water partition coefficient (Wildman–Crippen LogP) is 0.494. The Morgan fingerprint density at radius 3 is 2.61 bits per heavy atom. The first-order valence-electron chi connectivity index (χ1n) is 6.12. The standard InChI is InChI=1S/C12H22NO5/c1-12(2,3)10(7-17-16)13-11(15)18-9-6-4-5-8(9)14/h7-10,14,16H,4-6H2,1-3H3,(H,13,15)/q-1/p-1/t8-,9-,10-/m1/s1. The van der Waals surface area contributed by atoms with E-state index in [-0.39, 0.29) is 5.41 Å². The third-order valence-corrected chi connectivity index (χ3v) is 3.07. The number of aliphatic hydroxyl groups excluding tert-OH is 1. The molecular formula is C12H21NO5-2. The van der Waals surface area contributed by atoms with Gasteiger partial charge < -0.3 is 25.3 Å². The van der Waals surface area contributed by atoms with Crippen LogP contribution in [0.1, 0.15) is 40.0 Å². The fourth-order valence-corrected chi connectivity index (χ4v) is 1.85. The third kappa shape index (κ3) is 4.44. The lowest BCUT2D eigenvalue weighted by Crippen LogP contribution is -2.46. The maximum Gasteiger partial charge on any atom is 0.405 e. The van der Waals surface area contributed by atoms with Crippen molar-refractivity contribution in [2.75, 3.05) is 0 Å². The monoisotopic (exact) mass is 259 g/mol. The van der Waals surface area contributed by atoms with Crippen LogP contribution in [0.2, 0.25) is 0 Å². The highest BCUT2D eigenvalue weighted by molar-refractivity contribution is 5.68. The Kier molecular flexibility index (Phi) is 5.37. The number of rotatable bonds is 4. The molecule has 2 N–H and O–H groups in total. The molecule has 0 bridgehead atoms. The second-order valence-electron chi connectivity index (χ2n) is 5.66. The minimum absolute atomic E-state index is 0.363. The zero-order valence-corrected chi connectivity index (χ0v) is 11.0. The average molecular weight is 259 g/mol. The Bertz CT molecular complexity index is 276. The fraction of sp³-hybridized carbons (Fsp3) is 0.833. The van der Waals surface area contributed by atoms with Crippen LogP contribution in [0.3, 0.4) is 0 Å². The van der Waals surface area contributed by atoms with Crippen LogP contribution in [0.4, 0.5) is 4.79 Å². The van der Waals surface area contributed by atoms with Crippen molar-refractivity contribution in [2.24, 2.45) is 5.41 Å². The molecule has 0 aromatic carbocycles. The van der Waals surface area contributed by atoms with Crippen molar-refractivity contribution in [1.82, 2.24) is 5.32 Å². The number of amides is 1. The summed E-state index contributed by atoms with van der Waals surface area (Å²) in [7, 11) is 0. The van der Waals surface area contributed by atoms with Crippen molar-refractivity contribution < 1.29 is 24.8 Å². The molecular weight excluding hydrogens is 238 g/mol. The number of ether oxygens (including phenoxy) is 1. The highest BCUT2D eigenvalue weighted by Crippen LogP contribution is 2.24. The van der Waals surface area contributed by atoms with Crippen molar-refractivity contribution in [1.29, 1.82) is 0 Å². The second kappa shape index (κ2) is 6.36. The van der Waals surface area contributed by atoms with Crippen LogP contribution in [-0.2, 0) is 9.62 Å². The van der Waals surface area contributed by atoms with Gasteiger partial charge in [-0.1, -0.05) is 26.8 Å². The summed E-state index contributed by atoms with van der Waals surface area (Å²) in [6.07, 6.45) is 0.460. The number of hydrogen-bond acceptors (Lipinski definition) is 5. The summed E-state index contributed by atoms with van der Waals surface area (Å²) in [6, 6.07) is -0.555. The second-order valence-corrected chi connectivity index (χ2v) is 5.66. The molecule has 1 aliphatic carbocycles. The molecule has 0 heterocycles. The van der Waals surface area contributed by atoms with Gasteiger partial charge in [0.1, 0.15) is 6.10 Å². The maximum atomic E-state index is 11.7. The molecule has 18 heavy (non-hydrogen) atoms. The molecule has 6 nitrogen and oxygen atoms in total. The van der Waals surface area contributed by atoms with Crippen molar-refractivity contribution in [2.45, 2.75) is 58.3 Å². The van der Waals surface area contributed by atoms with Crippen LogP contribution in [0.5, 0.6) is 0 Å². The molecule has 0 unspecified atom stereocenters. The summed E-state index contributed by atoms with van der Waals surface area (Å²) in [5.74, 6) is 0. The number of carbonyl (C=O) groups excluding carboxylic acids is 1. The molecule has 1 aliphatic rings. The van der Waals surface area contributed by atoms with Crippen LogP contribution in [0, 0.1) is 12.0 Å². The van der Waals surface area contributed by atoms with Crippen LogP contribution >= 0.6 is 0 Å². The molecule has 1 saturated carbocycles. The lowest BCUT2D eigenvalue weighted by atomic mass is 9.87. The van der Waals surface area contributed by atoms with Gasteiger partial charge in [0.15, 0.2) is 0 Å². The quantitative estimate of drug-likeness (QED) is 0.435. The molecule has 1 fully saturated rings. The maximum absolute atomic E-state index is 11.7. The highest BCUT2D eigenvalue weighted by atomic mass is 17.1. The van der Waals surface area contributed by atoms with Gasteiger partial charge in [-0.2, -0.15) is 0 Å². The van der Waals surface area contributed by atoms with E-state index in [0.717, 1.165) is 13.0 Å². The van der Waals surface area contributed by atoms with Gasteiger partial charge in [-0.15, -0.1) is 0 Å². The van der Waals surface area contributed by atoms with Crippen LogP contribution < -0.4 is 10.6 Å². The van der Waals surface area contributed by atoms with Gasteiger partial charge in [0.25, 0.3) is 0 Å². The molecule has 3 atom stereocenters. The Labute approximate surface area is 107 Å². The van der Waals surface area contributed by atoms with E-state index >= 15 is 0 Å². The van der Waals surface area contributed by atoms with E-state index < -0.39 is 24.3 Å². The van der Waals surface area contributed by atoms with E-state index in [9.17, 15) is 15.2 Å². The number of carbonyl (C=O) groups is 1. The molecule has 0 aromatic rings.